The number of hydrogen-bond donors (Lipinski definition) is 2. The average Bonchev–Trinajstić information content (AvgIpc) is 3.07. The standard InChI is InChI=1S/C16H20ClN5O3S/c1-21-11-14(8-19-21)26(24,25)20-10-16(23)22-6-5-18-9-15(22)12-3-2-4-13(17)7-12/h2-4,7-8,11,15,18,20H,5-6,9-10H2,1H3. The second-order valence-electron chi connectivity index (χ2n) is 6.04. The number of rotatable bonds is 5. The van der Waals surface area contributed by atoms with Crippen molar-refractivity contribution < 1.29 is 13.2 Å². The van der Waals surface area contributed by atoms with Gasteiger partial charge in [-0.25, -0.2) is 13.1 Å². The van der Waals surface area contributed by atoms with Crippen molar-refractivity contribution in [3.63, 3.8) is 0 Å². The first-order valence-electron chi connectivity index (χ1n) is 8.11. The van der Waals surface area contributed by atoms with Crippen molar-refractivity contribution >= 4 is 27.5 Å². The van der Waals surface area contributed by atoms with Crippen LogP contribution in [0.2, 0.25) is 5.02 Å². The van der Waals surface area contributed by atoms with Crippen LogP contribution in [0, 0.1) is 0 Å². The minimum absolute atomic E-state index is 0.0273. The molecule has 8 nitrogen and oxygen atoms in total. The minimum Gasteiger partial charge on any atom is -0.332 e. The summed E-state index contributed by atoms with van der Waals surface area (Å²) in [7, 11) is -2.15. The molecule has 0 bridgehead atoms. The Morgan fingerprint density at radius 1 is 1.46 bits per heavy atom. The highest BCUT2D eigenvalue weighted by Gasteiger charge is 2.29. The number of sulfonamides is 1. The lowest BCUT2D eigenvalue weighted by molar-refractivity contribution is -0.133. The lowest BCUT2D eigenvalue weighted by Crippen LogP contribution is -2.51. The van der Waals surface area contributed by atoms with Crippen LogP contribution in [0.15, 0.2) is 41.6 Å². The molecule has 2 N–H and O–H groups in total. The molecule has 1 aromatic heterocycles. The quantitative estimate of drug-likeness (QED) is 0.767. The fourth-order valence-corrected chi connectivity index (χ4v) is 4.05. The largest absolute Gasteiger partial charge is 0.332 e. The molecule has 1 unspecified atom stereocenters. The topological polar surface area (TPSA) is 96.3 Å². The van der Waals surface area contributed by atoms with Gasteiger partial charge >= 0.3 is 0 Å². The molecule has 2 heterocycles. The van der Waals surface area contributed by atoms with Crippen LogP contribution in [0.4, 0.5) is 0 Å². The molecular formula is C16H20ClN5O3S. The van der Waals surface area contributed by atoms with Crippen LogP contribution < -0.4 is 10.0 Å². The van der Waals surface area contributed by atoms with E-state index in [-0.39, 0.29) is 23.4 Å². The maximum Gasteiger partial charge on any atom is 0.244 e. The Kier molecular flexibility index (Phi) is 5.61. The van der Waals surface area contributed by atoms with Crippen LogP contribution in [0.25, 0.3) is 0 Å². The van der Waals surface area contributed by atoms with Crippen molar-refractivity contribution in [1.82, 2.24) is 24.7 Å². The van der Waals surface area contributed by atoms with E-state index in [0.29, 0.717) is 24.7 Å². The fraction of sp³-hybridized carbons (Fsp3) is 0.375. The third kappa shape index (κ3) is 4.24. The first-order valence-corrected chi connectivity index (χ1v) is 9.97. The van der Waals surface area contributed by atoms with E-state index < -0.39 is 10.0 Å². The number of aryl methyl sites for hydroxylation is 1. The Labute approximate surface area is 157 Å². The monoisotopic (exact) mass is 397 g/mol. The Hall–Kier alpha value is -1.94. The van der Waals surface area contributed by atoms with Crippen molar-refractivity contribution in [2.75, 3.05) is 26.2 Å². The van der Waals surface area contributed by atoms with Gasteiger partial charge in [-0.2, -0.15) is 5.10 Å². The Balaban J connectivity index is 1.71. The number of hydrogen-bond acceptors (Lipinski definition) is 5. The molecule has 2 aromatic rings. The van der Waals surface area contributed by atoms with Gasteiger partial charge in [0.15, 0.2) is 0 Å². The van der Waals surface area contributed by atoms with Gasteiger partial charge in [-0.05, 0) is 17.7 Å². The SMILES string of the molecule is Cn1cc(S(=O)(=O)NCC(=O)N2CCNCC2c2cccc(Cl)c2)cn1. The van der Waals surface area contributed by atoms with Crippen molar-refractivity contribution in [3.8, 4) is 0 Å². The molecule has 140 valence electrons. The lowest BCUT2D eigenvalue weighted by atomic mass is 10.0. The number of nitrogens with one attached hydrogen (secondary N) is 2. The van der Waals surface area contributed by atoms with Crippen LogP contribution in [0.3, 0.4) is 0 Å². The highest BCUT2D eigenvalue weighted by atomic mass is 35.5. The van der Waals surface area contributed by atoms with Gasteiger partial charge in [0.25, 0.3) is 0 Å². The number of aromatic nitrogens is 2. The molecule has 1 atom stereocenters. The number of carbonyl (C=O) groups excluding carboxylic acids is 1. The van der Waals surface area contributed by atoms with Crippen LogP contribution in [-0.4, -0.2) is 55.2 Å². The Bertz CT molecular complexity index is 899. The van der Waals surface area contributed by atoms with Gasteiger partial charge in [0.2, 0.25) is 15.9 Å². The second-order valence-corrected chi connectivity index (χ2v) is 8.24. The van der Waals surface area contributed by atoms with Gasteiger partial charge in [0, 0.05) is 37.9 Å². The zero-order chi connectivity index (χ0) is 18.7. The molecular weight excluding hydrogens is 378 g/mol. The molecule has 1 fully saturated rings. The predicted octanol–water partition coefficient (Wildman–Crippen LogP) is 0.525. The van der Waals surface area contributed by atoms with Gasteiger partial charge in [-0.3, -0.25) is 9.48 Å². The molecule has 1 aromatic carbocycles. The average molecular weight is 398 g/mol. The Morgan fingerprint density at radius 3 is 2.96 bits per heavy atom. The van der Waals surface area contributed by atoms with Crippen LogP contribution in [0.1, 0.15) is 11.6 Å². The van der Waals surface area contributed by atoms with E-state index in [4.69, 9.17) is 11.6 Å². The molecule has 1 amide bonds. The zero-order valence-corrected chi connectivity index (χ0v) is 15.8. The summed E-state index contributed by atoms with van der Waals surface area (Å²) in [5.74, 6) is -0.288. The predicted molar refractivity (Wildman–Crippen MR) is 97.2 cm³/mol. The second kappa shape index (κ2) is 7.75. The maximum atomic E-state index is 12.7. The van der Waals surface area contributed by atoms with Gasteiger partial charge < -0.3 is 10.2 Å². The van der Waals surface area contributed by atoms with E-state index in [9.17, 15) is 13.2 Å². The summed E-state index contributed by atoms with van der Waals surface area (Å²) >= 11 is 6.06. The van der Waals surface area contributed by atoms with E-state index in [0.717, 1.165) is 5.56 Å². The van der Waals surface area contributed by atoms with Crippen molar-refractivity contribution in [3.05, 3.63) is 47.2 Å². The Morgan fingerprint density at radius 2 is 2.27 bits per heavy atom. The number of carbonyl (C=O) groups is 1. The molecule has 1 saturated heterocycles. The number of amides is 1. The van der Waals surface area contributed by atoms with E-state index in [2.05, 4.69) is 15.1 Å². The number of benzene rings is 1. The molecule has 0 aliphatic carbocycles. The van der Waals surface area contributed by atoms with Gasteiger partial charge in [-0.15, -0.1) is 0 Å². The first kappa shape index (κ1) is 18.8. The summed E-state index contributed by atoms with van der Waals surface area (Å²) in [5.41, 5.74) is 0.910. The summed E-state index contributed by atoms with van der Waals surface area (Å²) < 4.78 is 28.3. The van der Waals surface area contributed by atoms with Crippen molar-refractivity contribution in [2.45, 2.75) is 10.9 Å². The molecule has 1 aliphatic heterocycles. The summed E-state index contributed by atoms with van der Waals surface area (Å²) in [6.07, 6.45) is 2.62. The number of piperazine rings is 1. The van der Waals surface area contributed by atoms with E-state index >= 15 is 0 Å². The molecule has 3 rings (SSSR count). The first-order chi connectivity index (χ1) is 12.4. The maximum absolute atomic E-state index is 12.7. The van der Waals surface area contributed by atoms with E-state index in [1.54, 1.807) is 18.0 Å². The summed E-state index contributed by atoms with van der Waals surface area (Å²) in [6, 6.07) is 7.14. The number of nitrogens with zero attached hydrogens (tertiary/aromatic N) is 3. The van der Waals surface area contributed by atoms with E-state index in [1.165, 1.54) is 17.1 Å². The minimum atomic E-state index is -3.78. The zero-order valence-electron chi connectivity index (χ0n) is 14.2. The third-order valence-electron chi connectivity index (χ3n) is 4.20. The van der Waals surface area contributed by atoms with Gasteiger partial charge in [0.05, 0.1) is 18.8 Å². The molecule has 10 heteroatoms. The van der Waals surface area contributed by atoms with Crippen LogP contribution in [0.5, 0.6) is 0 Å². The smallest absolute Gasteiger partial charge is 0.244 e. The molecule has 0 saturated carbocycles. The van der Waals surface area contributed by atoms with Gasteiger partial charge in [-0.1, -0.05) is 23.7 Å². The van der Waals surface area contributed by atoms with Crippen molar-refractivity contribution in [1.29, 1.82) is 0 Å². The normalized spacial score (nSPS) is 18.1. The fourth-order valence-electron chi connectivity index (χ4n) is 2.89. The summed E-state index contributed by atoms with van der Waals surface area (Å²) in [6.45, 7) is 1.42. The summed E-state index contributed by atoms with van der Waals surface area (Å²) in [5, 5.41) is 7.69. The molecule has 1 aliphatic rings. The molecule has 26 heavy (non-hydrogen) atoms. The molecule has 0 radical (unpaired) electrons. The van der Waals surface area contributed by atoms with Crippen LogP contribution >= 0.6 is 11.6 Å². The highest BCUT2D eigenvalue weighted by Crippen LogP contribution is 2.24. The van der Waals surface area contributed by atoms with Gasteiger partial charge in [0.1, 0.15) is 4.90 Å². The van der Waals surface area contributed by atoms with Crippen molar-refractivity contribution in [2.24, 2.45) is 7.05 Å². The van der Waals surface area contributed by atoms with Crippen LogP contribution in [-0.2, 0) is 21.9 Å². The third-order valence-corrected chi connectivity index (χ3v) is 5.79. The van der Waals surface area contributed by atoms with E-state index in [1.807, 2.05) is 18.2 Å². The molecule has 0 spiro atoms. The lowest BCUT2D eigenvalue weighted by Gasteiger charge is -2.36. The summed E-state index contributed by atoms with van der Waals surface area (Å²) in [4.78, 5) is 14.4. The highest BCUT2D eigenvalue weighted by molar-refractivity contribution is 7.89. The number of halogens is 1.